The van der Waals surface area contributed by atoms with Crippen LogP contribution in [0.1, 0.15) is 56.4 Å². The zero-order chi connectivity index (χ0) is 31.0. The minimum atomic E-state index is -0.776. The quantitative estimate of drug-likeness (QED) is 0.0733. The fourth-order valence-electron chi connectivity index (χ4n) is 8.15. The maximum absolute atomic E-state index is 12.0. The van der Waals surface area contributed by atoms with Crippen molar-refractivity contribution in [1.29, 1.82) is 0 Å². The molecule has 1 aromatic heterocycles. The summed E-state index contributed by atoms with van der Waals surface area (Å²) in [5.74, 6) is 1.80. The fourth-order valence-corrected chi connectivity index (χ4v) is 10.7. The molecule has 4 aliphatic carbocycles. The molecule has 8 rings (SSSR count). The van der Waals surface area contributed by atoms with Gasteiger partial charge in [-0.3, -0.25) is 14.9 Å². The molecule has 4 aliphatic rings. The highest BCUT2D eigenvalue weighted by Gasteiger charge is 2.50. The summed E-state index contributed by atoms with van der Waals surface area (Å²) in [7, 11) is 0. The van der Waals surface area contributed by atoms with Crippen molar-refractivity contribution in [2.45, 2.75) is 67.6 Å². The molecule has 8 nitrogen and oxygen atoms in total. The number of rotatable bonds is 13. The number of anilines is 1. The highest BCUT2D eigenvalue weighted by molar-refractivity contribution is 8.12. The van der Waals surface area contributed by atoms with E-state index in [2.05, 4.69) is 51.9 Å². The van der Waals surface area contributed by atoms with Crippen LogP contribution in [0.3, 0.4) is 0 Å². The number of nitro benzene ring substituents is 1. The number of carboxylic acids is 1. The lowest BCUT2D eigenvalue weighted by Gasteiger charge is -2.57. The normalized spacial score (nSPS) is 23.4. The monoisotopic (exact) mass is 660 g/mol. The molecule has 0 spiro atoms. The SMILES string of the molecule is O=C(O)CCCc1nc2cc(-c3ccc(SNSc4ccc(NCC56CC7CC(CC(C7)C5)C6)c([N+](=O)[O-])c4)cc3)ccc2s1. The van der Waals surface area contributed by atoms with Crippen LogP contribution in [-0.2, 0) is 11.2 Å². The maximum atomic E-state index is 12.0. The third-order valence-corrected chi connectivity index (χ3v) is 12.5. The number of benzene rings is 3. The average Bonchev–Trinajstić information content (AvgIpc) is 3.42. The Balaban J connectivity index is 0.935. The Bertz CT molecular complexity index is 1690. The van der Waals surface area contributed by atoms with Gasteiger partial charge in [0.05, 0.1) is 20.1 Å². The van der Waals surface area contributed by atoms with Gasteiger partial charge in [0, 0.05) is 28.8 Å². The molecule has 3 N–H and O–H groups in total. The summed E-state index contributed by atoms with van der Waals surface area (Å²) < 4.78 is 4.38. The highest BCUT2D eigenvalue weighted by atomic mass is 32.2. The zero-order valence-corrected chi connectivity index (χ0v) is 27.3. The van der Waals surface area contributed by atoms with Crippen LogP contribution in [0.15, 0.2) is 70.5 Å². The number of carboxylic acid groups (broad SMARTS) is 1. The van der Waals surface area contributed by atoms with Crippen LogP contribution in [0.4, 0.5) is 11.4 Å². The largest absolute Gasteiger partial charge is 0.481 e. The number of hydrogen-bond acceptors (Lipinski definition) is 9. The smallest absolute Gasteiger partial charge is 0.303 e. The summed E-state index contributed by atoms with van der Waals surface area (Å²) in [4.78, 5) is 29.1. The Labute approximate surface area is 275 Å². The average molecular weight is 661 g/mol. The van der Waals surface area contributed by atoms with Crippen LogP contribution in [0.25, 0.3) is 21.3 Å². The van der Waals surface area contributed by atoms with Gasteiger partial charge in [-0.05, 0) is 146 Å². The number of aromatic nitrogens is 1. The molecule has 11 heteroatoms. The number of aliphatic carboxylic acids is 1. The zero-order valence-electron chi connectivity index (χ0n) is 24.9. The van der Waals surface area contributed by atoms with E-state index in [-0.39, 0.29) is 17.0 Å². The van der Waals surface area contributed by atoms with Crippen molar-refractivity contribution in [1.82, 2.24) is 9.11 Å². The van der Waals surface area contributed by atoms with Gasteiger partial charge in [0.2, 0.25) is 0 Å². The number of thiazole rings is 1. The van der Waals surface area contributed by atoms with E-state index in [4.69, 9.17) is 10.1 Å². The molecule has 3 aromatic carbocycles. The van der Waals surface area contributed by atoms with Crippen molar-refractivity contribution in [2.24, 2.45) is 23.2 Å². The van der Waals surface area contributed by atoms with Gasteiger partial charge in [0.1, 0.15) is 5.69 Å². The van der Waals surface area contributed by atoms with Crippen molar-refractivity contribution < 1.29 is 14.8 Å². The molecule has 0 amide bonds. The fraction of sp³-hybridized carbons (Fsp3) is 0.412. The van der Waals surface area contributed by atoms with Crippen LogP contribution >= 0.6 is 35.2 Å². The van der Waals surface area contributed by atoms with Gasteiger partial charge in [-0.2, -0.15) is 4.13 Å². The lowest BCUT2D eigenvalue weighted by atomic mass is 9.49. The Morgan fingerprint density at radius 3 is 2.31 bits per heavy atom. The first-order valence-corrected chi connectivity index (χ1v) is 18.1. The van der Waals surface area contributed by atoms with Crippen LogP contribution < -0.4 is 9.44 Å². The Morgan fingerprint density at radius 2 is 1.62 bits per heavy atom. The van der Waals surface area contributed by atoms with Gasteiger partial charge in [-0.25, -0.2) is 4.98 Å². The molecule has 0 atom stereocenters. The summed E-state index contributed by atoms with van der Waals surface area (Å²) in [6.07, 6.45) is 9.42. The van der Waals surface area contributed by atoms with Gasteiger partial charge in [0.15, 0.2) is 0 Å². The first kappa shape index (κ1) is 30.5. The minimum Gasteiger partial charge on any atom is -0.481 e. The Kier molecular flexibility index (Phi) is 8.78. The number of aryl methyl sites for hydroxylation is 1. The molecule has 4 aromatic rings. The Hall–Kier alpha value is -3.12. The van der Waals surface area contributed by atoms with Gasteiger partial charge < -0.3 is 10.4 Å². The van der Waals surface area contributed by atoms with E-state index in [0.717, 1.165) is 60.4 Å². The van der Waals surface area contributed by atoms with E-state index in [1.165, 1.54) is 62.4 Å². The van der Waals surface area contributed by atoms with Gasteiger partial charge in [-0.1, -0.05) is 18.2 Å². The lowest BCUT2D eigenvalue weighted by Crippen LogP contribution is -2.49. The number of fused-ring (bicyclic) bond motifs is 1. The number of nitro groups is 1. The second kappa shape index (κ2) is 12.9. The molecule has 0 saturated heterocycles. The van der Waals surface area contributed by atoms with Crippen molar-refractivity contribution in [3.8, 4) is 11.1 Å². The molecule has 4 bridgehead atoms. The lowest BCUT2D eigenvalue weighted by molar-refractivity contribution is -0.384. The van der Waals surface area contributed by atoms with Gasteiger partial charge >= 0.3 is 5.97 Å². The minimum absolute atomic E-state index is 0.130. The summed E-state index contributed by atoms with van der Waals surface area (Å²) in [6.45, 7) is 0.835. The molecule has 0 aliphatic heterocycles. The van der Waals surface area contributed by atoms with E-state index < -0.39 is 5.97 Å². The number of hydrogen-bond donors (Lipinski definition) is 3. The molecule has 1 heterocycles. The van der Waals surface area contributed by atoms with Gasteiger partial charge in [0.25, 0.3) is 5.69 Å². The summed E-state index contributed by atoms with van der Waals surface area (Å²) >= 11 is 4.46. The van der Waals surface area contributed by atoms with Crippen LogP contribution in [-0.4, -0.2) is 27.5 Å². The number of carbonyl (C=O) groups is 1. The number of nitrogens with one attached hydrogen (secondary N) is 2. The Morgan fingerprint density at radius 1 is 0.956 bits per heavy atom. The maximum Gasteiger partial charge on any atom is 0.303 e. The van der Waals surface area contributed by atoms with E-state index in [9.17, 15) is 14.9 Å². The predicted octanol–water partition coefficient (Wildman–Crippen LogP) is 9.21. The topological polar surface area (TPSA) is 117 Å². The molecule has 45 heavy (non-hydrogen) atoms. The van der Waals surface area contributed by atoms with E-state index >= 15 is 0 Å². The van der Waals surface area contributed by atoms with E-state index in [1.54, 1.807) is 17.4 Å². The van der Waals surface area contributed by atoms with Crippen molar-refractivity contribution >= 4 is 62.8 Å². The highest BCUT2D eigenvalue weighted by Crippen LogP contribution is 2.60. The number of nitrogens with zero attached hydrogens (tertiary/aromatic N) is 2. The molecule has 0 unspecified atom stereocenters. The predicted molar refractivity (Wildman–Crippen MR) is 183 cm³/mol. The van der Waals surface area contributed by atoms with Crippen LogP contribution in [0.2, 0.25) is 0 Å². The summed E-state index contributed by atoms with van der Waals surface area (Å²) in [6, 6.07) is 20.0. The van der Waals surface area contributed by atoms with Crippen molar-refractivity contribution in [3.63, 3.8) is 0 Å². The van der Waals surface area contributed by atoms with Crippen LogP contribution in [0.5, 0.6) is 0 Å². The van der Waals surface area contributed by atoms with E-state index in [1.807, 2.05) is 12.1 Å². The molecular weight excluding hydrogens is 625 g/mol. The molecule has 4 fully saturated rings. The third kappa shape index (κ3) is 7.01. The molecule has 234 valence electrons. The second-order valence-electron chi connectivity index (χ2n) is 13.1. The first-order valence-electron chi connectivity index (χ1n) is 15.6. The second-order valence-corrected chi connectivity index (χ2v) is 16.2. The summed E-state index contributed by atoms with van der Waals surface area (Å²) in [5.41, 5.74) is 4.15. The van der Waals surface area contributed by atoms with Crippen LogP contribution in [0, 0.1) is 33.3 Å². The standard InChI is InChI=1S/C34H36N4O4S3/c39-33(40)3-1-2-32-36-29-15-25(6-11-31(29)43-32)24-4-7-26(8-5-24)44-37-45-27-9-10-28(30(16-27)38(41)42)35-20-34-17-21-12-22(18-34)14-23(13-21)19-34/h4-11,15-16,21-23,35,37H,1-3,12-14,17-20H2,(H,39,40). The van der Waals surface area contributed by atoms with E-state index in [0.29, 0.717) is 23.9 Å². The molecule has 0 radical (unpaired) electrons. The summed E-state index contributed by atoms with van der Waals surface area (Å²) in [5, 5.41) is 25.3. The van der Waals surface area contributed by atoms with Crippen molar-refractivity contribution in [3.05, 3.63) is 75.8 Å². The molecular formula is C34H36N4O4S3. The van der Waals surface area contributed by atoms with Crippen molar-refractivity contribution in [2.75, 3.05) is 11.9 Å². The van der Waals surface area contributed by atoms with Gasteiger partial charge in [-0.15, -0.1) is 11.3 Å². The molecule has 4 saturated carbocycles. The first-order chi connectivity index (χ1) is 21.8. The third-order valence-electron chi connectivity index (χ3n) is 9.70.